The summed E-state index contributed by atoms with van der Waals surface area (Å²) in [5.74, 6) is 0. The van der Waals surface area contributed by atoms with Crippen LogP contribution in [-0.2, 0) is 4.74 Å². The Morgan fingerprint density at radius 2 is 2.00 bits per heavy atom. The third kappa shape index (κ3) is 3.56. The van der Waals surface area contributed by atoms with Crippen molar-refractivity contribution in [1.29, 1.82) is 0 Å². The lowest BCUT2D eigenvalue weighted by Gasteiger charge is -2.39. The van der Waals surface area contributed by atoms with Gasteiger partial charge in [-0.3, -0.25) is 0 Å². The molecule has 0 aliphatic heterocycles. The van der Waals surface area contributed by atoms with E-state index in [2.05, 4.69) is 50.5 Å². The highest BCUT2D eigenvalue weighted by molar-refractivity contribution is 7.10. The number of hydrogen-bond donors (Lipinski definition) is 1. The van der Waals surface area contributed by atoms with Crippen LogP contribution in [0, 0.1) is 0 Å². The number of nitrogens with one attached hydrogen (secondary N) is 1. The standard InChI is InChI=1S/C15H27NOS/c1-5-11-16-14(13-10-9-12-18-13)15(6-2,7-3)17-8-4/h9-10,12,14,16H,5-8,11H2,1-4H3. The maximum absolute atomic E-state index is 6.16. The minimum atomic E-state index is -0.0746. The van der Waals surface area contributed by atoms with Gasteiger partial charge in [-0.1, -0.05) is 26.8 Å². The average molecular weight is 269 g/mol. The van der Waals surface area contributed by atoms with Crippen LogP contribution in [0.5, 0.6) is 0 Å². The fourth-order valence-corrected chi connectivity index (χ4v) is 3.43. The summed E-state index contributed by atoms with van der Waals surface area (Å²) in [6.07, 6.45) is 3.23. The lowest BCUT2D eigenvalue weighted by atomic mass is 9.87. The average Bonchev–Trinajstić information content (AvgIpc) is 2.91. The number of thiophene rings is 1. The molecule has 104 valence electrons. The molecule has 0 amide bonds. The van der Waals surface area contributed by atoms with Crippen molar-refractivity contribution in [3.63, 3.8) is 0 Å². The molecule has 1 aromatic rings. The first kappa shape index (κ1) is 15.7. The SMILES string of the molecule is CCCNC(c1cccs1)C(CC)(CC)OCC. The minimum Gasteiger partial charge on any atom is -0.373 e. The maximum Gasteiger partial charge on any atom is 0.0878 e. The van der Waals surface area contributed by atoms with Gasteiger partial charge in [-0.25, -0.2) is 0 Å². The van der Waals surface area contributed by atoms with Crippen LogP contribution in [0.3, 0.4) is 0 Å². The molecule has 0 saturated carbocycles. The second-order valence-corrected chi connectivity index (χ2v) is 5.59. The van der Waals surface area contributed by atoms with E-state index in [4.69, 9.17) is 4.74 Å². The fourth-order valence-electron chi connectivity index (χ4n) is 2.52. The summed E-state index contributed by atoms with van der Waals surface area (Å²) >= 11 is 1.82. The summed E-state index contributed by atoms with van der Waals surface area (Å²) in [6, 6.07) is 4.66. The quantitative estimate of drug-likeness (QED) is 0.718. The zero-order valence-corrected chi connectivity index (χ0v) is 13.0. The van der Waals surface area contributed by atoms with Crippen LogP contribution in [0.15, 0.2) is 17.5 Å². The van der Waals surface area contributed by atoms with E-state index in [9.17, 15) is 0 Å². The lowest BCUT2D eigenvalue weighted by Crippen LogP contribution is -2.45. The summed E-state index contributed by atoms with van der Waals surface area (Å²) in [7, 11) is 0. The zero-order valence-electron chi connectivity index (χ0n) is 12.2. The maximum atomic E-state index is 6.16. The van der Waals surface area contributed by atoms with Crippen LogP contribution in [0.25, 0.3) is 0 Å². The zero-order chi connectivity index (χ0) is 13.4. The molecule has 0 fully saturated rings. The van der Waals surface area contributed by atoms with Crippen LogP contribution >= 0.6 is 11.3 Å². The van der Waals surface area contributed by atoms with E-state index in [0.717, 1.165) is 32.4 Å². The molecule has 0 aliphatic rings. The highest BCUT2D eigenvalue weighted by Gasteiger charge is 2.37. The highest BCUT2D eigenvalue weighted by atomic mass is 32.1. The van der Waals surface area contributed by atoms with E-state index in [0.29, 0.717) is 6.04 Å². The van der Waals surface area contributed by atoms with Crippen LogP contribution in [0.2, 0.25) is 0 Å². The first-order valence-electron chi connectivity index (χ1n) is 7.14. The summed E-state index contributed by atoms with van der Waals surface area (Å²) in [4.78, 5) is 1.39. The number of rotatable bonds is 9. The molecule has 0 radical (unpaired) electrons. The molecular formula is C15H27NOS. The molecule has 1 unspecified atom stereocenters. The number of ether oxygens (including phenoxy) is 1. The fraction of sp³-hybridized carbons (Fsp3) is 0.733. The van der Waals surface area contributed by atoms with Gasteiger partial charge in [0.25, 0.3) is 0 Å². The van der Waals surface area contributed by atoms with Gasteiger partial charge in [-0.15, -0.1) is 11.3 Å². The van der Waals surface area contributed by atoms with E-state index >= 15 is 0 Å². The van der Waals surface area contributed by atoms with Gasteiger partial charge in [-0.05, 0) is 44.2 Å². The van der Waals surface area contributed by atoms with Crippen molar-refractivity contribution in [3.05, 3.63) is 22.4 Å². The molecule has 0 spiro atoms. The van der Waals surface area contributed by atoms with Gasteiger partial charge in [0.1, 0.15) is 0 Å². The molecule has 0 aliphatic carbocycles. The Morgan fingerprint density at radius 3 is 2.44 bits per heavy atom. The second kappa shape index (κ2) is 7.93. The molecule has 2 nitrogen and oxygen atoms in total. The van der Waals surface area contributed by atoms with Crippen LogP contribution in [0.4, 0.5) is 0 Å². The van der Waals surface area contributed by atoms with Crippen molar-refractivity contribution in [2.24, 2.45) is 0 Å². The molecule has 1 rings (SSSR count). The highest BCUT2D eigenvalue weighted by Crippen LogP contribution is 2.37. The minimum absolute atomic E-state index is 0.0746. The Bertz CT molecular complexity index is 306. The Morgan fingerprint density at radius 1 is 1.28 bits per heavy atom. The molecule has 0 aromatic carbocycles. The van der Waals surface area contributed by atoms with E-state index in [1.165, 1.54) is 4.88 Å². The van der Waals surface area contributed by atoms with Crippen LogP contribution in [-0.4, -0.2) is 18.8 Å². The first-order chi connectivity index (χ1) is 8.74. The van der Waals surface area contributed by atoms with E-state index in [-0.39, 0.29) is 5.60 Å². The second-order valence-electron chi connectivity index (χ2n) is 4.61. The molecule has 0 saturated heterocycles. The largest absolute Gasteiger partial charge is 0.373 e. The normalized spacial score (nSPS) is 13.8. The molecule has 1 aromatic heterocycles. The van der Waals surface area contributed by atoms with Crippen LogP contribution in [0.1, 0.15) is 57.9 Å². The van der Waals surface area contributed by atoms with Crippen molar-refractivity contribution in [1.82, 2.24) is 5.32 Å². The topological polar surface area (TPSA) is 21.3 Å². The van der Waals surface area contributed by atoms with Gasteiger partial charge in [-0.2, -0.15) is 0 Å². The van der Waals surface area contributed by atoms with E-state index < -0.39 is 0 Å². The van der Waals surface area contributed by atoms with Gasteiger partial charge in [0.2, 0.25) is 0 Å². The predicted molar refractivity (Wildman–Crippen MR) is 80.3 cm³/mol. The number of hydrogen-bond acceptors (Lipinski definition) is 3. The third-order valence-corrected chi connectivity index (χ3v) is 4.52. The summed E-state index contributed by atoms with van der Waals surface area (Å²) in [6.45, 7) is 10.6. The van der Waals surface area contributed by atoms with Crippen LogP contribution < -0.4 is 5.32 Å². The van der Waals surface area contributed by atoms with Crippen molar-refractivity contribution in [2.75, 3.05) is 13.2 Å². The summed E-state index contributed by atoms with van der Waals surface area (Å²) < 4.78 is 6.16. The van der Waals surface area contributed by atoms with Crippen molar-refractivity contribution in [3.8, 4) is 0 Å². The van der Waals surface area contributed by atoms with Gasteiger partial charge in [0.05, 0.1) is 11.6 Å². The lowest BCUT2D eigenvalue weighted by molar-refractivity contribution is -0.0724. The van der Waals surface area contributed by atoms with E-state index in [1.807, 2.05) is 11.3 Å². The van der Waals surface area contributed by atoms with Crippen molar-refractivity contribution < 1.29 is 4.74 Å². The Balaban J connectivity index is 2.97. The van der Waals surface area contributed by atoms with Crippen molar-refractivity contribution in [2.45, 2.75) is 58.6 Å². The smallest absolute Gasteiger partial charge is 0.0878 e. The monoisotopic (exact) mass is 269 g/mol. The van der Waals surface area contributed by atoms with Crippen molar-refractivity contribution >= 4 is 11.3 Å². The van der Waals surface area contributed by atoms with E-state index in [1.54, 1.807) is 0 Å². The van der Waals surface area contributed by atoms with Gasteiger partial charge < -0.3 is 10.1 Å². The first-order valence-corrected chi connectivity index (χ1v) is 8.02. The van der Waals surface area contributed by atoms with Gasteiger partial charge >= 0.3 is 0 Å². The Labute approximate surface area is 116 Å². The molecule has 3 heteroatoms. The molecule has 1 N–H and O–H groups in total. The molecule has 1 atom stereocenters. The predicted octanol–water partition coefficient (Wildman–Crippen LogP) is 4.38. The van der Waals surface area contributed by atoms with Gasteiger partial charge in [0.15, 0.2) is 0 Å². The molecule has 1 heterocycles. The Kier molecular flexibility index (Phi) is 6.90. The summed E-state index contributed by atoms with van der Waals surface area (Å²) in [5.41, 5.74) is -0.0746. The summed E-state index contributed by atoms with van der Waals surface area (Å²) in [5, 5.41) is 5.84. The molecule has 0 bridgehead atoms. The third-order valence-electron chi connectivity index (χ3n) is 3.58. The molecule has 18 heavy (non-hydrogen) atoms. The van der Waals surface area contributed by atoms with Gasteiger partial charge in [0, 0.05) is 11.5 Å². The molecular weight excluding hydrogens is 242 g/mol. The Hall–Kier alpha value is -0.380.